The number of hydrogen-bond donors (Lipinski definition) is 0. The van der Waals surface area contributed by atoms with E-state index < -0.39 is 9.05 Å². The van der Waals surface area contributed by atoms with Gasteiger partial charge >= 0.3 is 0 Å². The molecule has 0 saturated carbocycles. The molecule has 3 nitrogen and oxygen atoms in total. The Kier molecular flexibility index (Phi) is 2.83. The maximum Gasteiger partial charge on any atom is 0.264 e. The van der Waals surface area contributed by atoms with Gasteiger partial charge in [-0.1, -0.05) is 12.1 Å². The van der Waals surface area contributed by atoms with E-state index in [1.807, 2.05) is 0 Å². The smallest absolute Gasteiger partial charge is 0.264 e. The van der Waals surface area contributed by atoms with Gasteiger partial charge < -0.3 is 4.74 Å². The lowest BCUT2D eigenvalue weighted by Gasteiger charge is -2.07. The standard InChI is InChI=1S/C8H9ClO3S/c1-6-4-3-5-7(8(6)12-2)13(9,10)11/h3-5H,1-2H3. The highest BCUT2D eigenvalue weighted by molar-refractivity contribution is 8.13. The molecule has 1 aromatic rings. The first-order valence-corrected chi connectivity index (χ1v) is 5.86. The van der Waals surface area contributed by atoms with E-state index in [4.69, 9.17) is 15.4 Å². The van der Waals surface area contributed by atoms with E-state index >= 15 is 0 Å². The van der Waals surface area contributed by atoms with Gasteiger partial charge in [-0.3, -0.25) is 0 Å². The van der Waals surface area contributed by atoms with Crippen molar-refractivity contribution in [2.24, 2.45) is 0 Å². The fraction of sp³-hybridized carbons (Fsp3) is 0.250. The molecule has 0 atom stereocenters. The average molecular weight is 221 g/mol. The summed E-state index contributed by atoms with van der Waals surface area (Å²) in [7, 11) is 2.90. The molecule has 0 heterocycles. The summed E-state index contributed by atoms with van der Waals surface area (Å²) in [6.45, 7) is 1.75. The summed E-state index contributed by atoms with van der Waals surface area (Å²) < 4.78 is 27.0. The fourth-order valence-electron chi connectivity index (χ4n) is 1.08. The first kappa shape index (κ1) is 10.3. The summed E-state index contributed by atoms with van der Waals surface area (Å²) in [4.78, 5) is 0.0108. The van der Waals surface area contributed by atoms with Crippen LogP contribution in [0.25, 0.3) is 0 Å². The molecule has 13 heavy (non-hydrogen) atoms. The van der Waals surface area contributed by atoms with Crippen LogP contribution in [0, 0.1) is 6.92 Å². The minimum absolute atomic E-state index is 0.0108. The van der Waals surface area contributed by atoms with Crippen molar-refractivity contribution < 1.29 is 13.2 Å². The Morgan fingerprint density at radius 1 is 1.38 bits per heavy atom. The third kappa shape index (κ3) is 2.14. The zero-order valence-electron chi connectivity index (χ0n) is 7.24. The second-order valence-corrected chi connectivity index (χ2v) is 5.08. The van der Waals surface area contributed by atoms with Crippen LogP contribution in [-0.4, -0.2) is 15.5 Å². The van der Waals surface area contributed by atoms with Gasteiger partial charge in [0.05, 0.1) is 7.11 Å². The normalized spacial score (nSPS) is 11.3. The summed E-state index contributed by atoms with van der Waals surface area (Å²) in [5.41, 5.74) is 0.740. The summed E-state index contributed by atoms with van der Waals surface area (Å²) in [5.74, 6) is 0.303. The Balaban J connectivity index is 3.47. The van der Waals surface area contributed by atoms with Crippen molar-refractivity contribution >= 4 is 19.7 Å². The first-order chi connectivity index (χ1) is 5.96. The Morgan fingerprint density at radius 2 is 2.00 bits per heavy atom. The van der Waals surface area contributed by atoms with Crippen LogP contribution < -0.4 is 4.74 Å². The average Bonchev–Trinajstić information content (AvgIpc) is 2.02. The van der Waals surface area contributed by atoms with Crippen molar-refractivity contribution in [2.45, 2.75) is 11.8 Å². The third-order valence-corrected chi connectivity index (χ3v) is 2.99. The van der Waals surface area contributed by atoms with Crippen molar-refractivity contribution in [1.29, 1.82) is 0 Å². The van der Waals surface area contributed by atoms with E-state index in [2.05, 4.69) is 0 Å². The summed E-state index contributed by atoms with van der Waals surface area (Å²) in [6.07, 6.45) is 0. The molecule has 0 radical (unpaired) electrons. The van der Waals surface area contributed by atoms with Gasteiger partial charge in [0.2, 0.25) is 0 Å². The Labute approximate surface area is 81.7 Å². The van der Waals surface area contributed by atoms with Crippen LogP contribution in [0.2, 0.25) is 0 Å². The molecule has 72 valence electrons. The molecular weight excluding hydrogens is 212 g/mol. The van der Waals surface area contributed by atoms with Crippen molar-refractivity contribution in [1.82, 2.24) is 0 Å². The van der Waals surface area contributed by atoms with Crippen LogP contribution in [0.15, 0.2) is 23.1 Å². The van der Waals surface area contributed by atoms with Gasteiger partial charge in [0.1, 0.15) is 10.6 Å². The van der Waals surface area contributed by atoms with E-state index in [0.29, 0.717) is 5.75 Å². The summed E-state index contributed by atoms with van der Waals surface area (Å²) in [5, 5.41) is 0. The van der Waals surface area contributed by atoms with Gasteiger partial charge in [-0.15, -0.1) is 0 Å². The van der Waals surface area contributed by atoms with Crippen LogP contribution in [0.5, 0.6) is 5.75 Å². The van der Waals surface area contributed by atoms with Crippen LogP contribution >= 0.6 is 10.7 Å². The van der Waals surface area contributed by atoms with Crippen LogP contribution in [0.3, 0.4) is 0 Å². The first-order valence-electron chi connectivity index (χ1n) is 3.55. The van der Waals surface area contributed by atoms with E-state index in [1.165, 1.54) is 13.2 Å². The van der Waals surface area contributed by atoms with Crippen molar-refractivity contribution in [2.75, 3.05) is 7.11 Å². The molecule has 0 aliphatic rings. The lowest BCUT2D eigenvalue weighted by atomic mass is 10.2. The molecule has 1 rings (SSSR count). The van der Waals surface area contributed by atoms with Gasteiger partial charge in [-0.2, -0.15) is 0 Å². The lowest BCUT2D eigenvalue weighted by Crippen LogP contribution is -1.97. The minimum atomic E-state index is -3.72. The largest absolute Gasteiger partial charge is 0.495 e. The molecule has 0 saturated heterocycles. The minimum Gasteiger partial charge on any atom is -0.495 e. The third-order valence-electron chi connectivity index (χ3n) is 1.64. The van der Waals surface area contributed by atoms with Crippen LogP contribution in [0.4, 0.5) is 0 Å². The highest BCUT2D eigenvalue weighted by Gasteiger charge is 2.17. The Hall–Kier alpha value is -0.740. The Bertz CT molecular complexity index is 411. The molecule has 5 heteroatoms. The van der Waals surface area contributed by atoms with E-state index in [-0.39, 0.29) is 4.90 Å². The fourth-order valence-corrected chi connectivity index (χ4v) is 2.15. The van der Waals surface area contributed by atoms with Crippen molar-refractivity contribution in [3.05, 3.63) is 23.8 Å². The van der Waals surface area contributed by atoms with Gasteiger partial charge in [0, 0.05) is 10.7 Å². The molecular formula is C8H9ClO3S. The second-order valence-electron chi connectivity index (χ2n) is 2.54. The number of benzene rings is 1. The topological polar surface area (TPSA) is 43.4 Å². The van der Waals surface area contributed by atoms with E-state index in [1.54, 1.807) is 19.1 Å². The molecule has 0 aliphatic carbocycles. The molecule has 0 aliphatic heterocycles. The molecule has 0 spiro atoms. The highest BCUT2D eigenvalue weighted by atomic mass is 35.7. The van der Waals surface area contributed by atoms with Gasteiger partial charge in [-0.25, -0.2) is 8.42 Å². The quantitative estimate of drug-likeness (QED) is 0.716. The number of hydrogen-bond acceptors (Lipinski definition) is 3. The number of aryl methyl sites for hydroxylation is 1. The van der Waals surface area contributed by atoms with Gasteiger partial charge in [0.25, 0.3) is 9.05 Å². The molecule has 1 aromatic carbocycles. The predicted octanol–water partition coefficient (Wildman–Crippen LogP) is 1.93. The van der Waals surface area contributed by atoms with Gasteiger partial charge in [0.15, 0.2) is 0 Å². The summed E-state index contributed by atoms with van der Waals surface area (Å²) >= 11 is 0. The molecule has 0 bridgehead atoms. The molecule has 0 amide bonds. The number of halogens is 1. The number of methoxy groups -OCH3 is 1. The van der Waals surface area contributed by atoms with Crippen molar-refractivity contribution in [3.63, 3.8) is 0 Å². The van der Waals surface area contributed by atoms with E-state index in [0.717, 1.165) is 5.56 Å². The van der Waals surface area contributed by atoms with Gasteiger partial charge in [-0.05, 0) is 18.6 Å². The van der Waals surface area contributed by atoms with Crippen LogP contribution in [-0.2, 0) is 9.05 Å². The number of para-hydroxylation sites is 1. The molecule has 0 N–H and O–H groups in total. The number of rotatable bonds is 2. The van der Waals surface area contributed by atoms with E-state index in [9.17, 15) is 8.42 Å². The second kappa shape index (κ2) is 3.55. The SMILES string of the molecule is COc1c(C)cccc1S(=O)(=O)Cl. The van der Waals surface area contributed by atoms with Crippen LogP contribution in [0.1, 0.15) is 5.56 Å². The zero-order valence-corrected chi connectivity index (χ0v) is 8.82. The zero-order chi connectivity index (χ0) is 10.1. The maximum atomic E-state index is 11.1. The predicted molar refractivity (Wildman–Crippen MR) is 50.8 cm³/mol. The highest BCUT2D eigenvalue weighted by Crippen LogP contribution is 2.29. The lowest BCUT2D eigenvalue weighted by molar-refractivity contribution is 0.400. The maximum absolute atomic E-state index is 11.1. The molecule has 0 aromatic heterocycles. The Morgan fingerprint density at radius 3 is 2.38 bits per heavy atom. The monoisotopic (exact) mass is 220 g/mol. The molecule has 0 fully saturated rings. The number of ether oxygens (including phenoxy) is 1. The summed E-state index contributed by atoms with van der Waals surface area (Å²) in [6, 6.07) is 4.78. The van der Waals surface area contributed by atoms with Crippen molar-refractivity contribution in [3.8, 4) is 5.75 Å². The molecule has 0 unspecified atom stereocenters.